The SMILES string of the molecule is CCCCCCc1cc(CCCCCC)cc(OC(CC)S(=O)(=O)[O-])c1.[Na+]. The second-order valence-electron chi connectivity index (χ2n) is 7.05. The summed E-state index contributed by atoms with van der Waals surface area (Å²) in [6.45, 7) is 6.04. The van der Waals surface area contributed by atoms with Crippen molar-refractivity contribution in [1.29, 1.82) is 0 Å². The van der Waals surface area contributed by atoms with Gasteiger partial charge in [-0.15, -0.1) is 0 Å². The van der Waals surface area contributed by atoms with Crippen LogP contribution in [0.5, 0.6) is 5.75 Å². The number of hydrogen-bond donors (Lipinski definition) is 0. The zero-order chi connectivity index (χ0) is 19.4. The van der Waals surface area contributed by atoms with E-state index in [0.29, 0.717) is 5.75 Å². The first-order valence-corrected chi connectivity index (χ1v) is 11.6. The third kappa shape index (κ3) is 11.5. The molecule has 27 heavy (non-hydrogen) atoms. The van der Waals surface area contributed by atoms with Gasteiger partial charge in [0.25, 0.3) is 0 Å². The van der Waals surface area contributed by atoms with Crippen LogP contribution in [-0.2, 0) is 23.0 Å². The van der Waals surface area contributed by atoms with Gasteiger partial charge in [-0.3, -0.25) is 0 Å². The monoisotopic (exact) mass is 406 g/mol. The van der Waals surface area contributed by atoms with Gasteiger partial charge in [0.05, 0.1) is 0 Å². The molecule has 0 amide bonds. The third-order valence-corrected chi connectivity index (χ3v) is 5.66. The maximum Gasteiger partial charge on any atom is 1.00 e. The first-order chi connectivity index (χ1) is 12.4. The molecule has 0 saturated heterocycles. The number of hydrogen-bond acceptors (Lipinski definition) is 4. The average Bonchev–Trinajstić information content (AvgIpc) is 2.59. The molecule has 1 aromatic rings. The molecule has 1 atom stereocenters. The van der Waals surface area contributed by atoms with E-state index in [1.807, 2.05) is 12.1 Å². The van der Waals surface area contributed by atoms with Crippen molar-refractivity contribution in [2.45, 2.75) is 96.8 Å². The molecule has 1 unspecified atom stereocenters. The molecular weight excluding hydrogens is 371 g/mol. The molecule has 0 saturated carbocycles. The fourth-order valence-corrected chi connectivity index (χ4v) is 3.73. The molecule has 0 radical (unpaired) electrons. The summed E-state index contributed by atoms with van der Waals surface area (Å²) in [5.41, 5.74) is 1.02. The van der Waals surface area contributed by atoms with E-state index in [4.69, 9.17) is 4.74 Å². The molecule has 0 aliphatic carbocycles. The molecule has 0 aromatic heterocycles. The van der Waals surface area contributed by atoms with E-state index >= 15 is 0 Å². The van der Waals surface area contributed by atoms with Crippen LogP contribution in [0.1, 0.15) is 89.7 Å². The second-order valence-corrected chi connectivity index (χ2v) is 8.57. The van der Waals surface area contributed by atoms with Crippen LogP contribution in [0.3, 0.4) is 0 Å². The van der Waals surface area contributed by atoms with Gasteiger partial charge in [-0.25, -0.2) is 8.42 Å². The number of ether oxygens (including phenoxy) is 1. The molecular formula is C21H35NaO4S. The van der Waals surface area contributed by atoms with E-state index < -0.39 is 15.6 Å². The topological polar surface area (TPSA) is 66.4 Å². The molecule has 6 heteroatoms. The largest absolute Gasteiger partial charge is 1.00 e. The van der Waals surface area contributed by atoms with E-state index in [9.17, 15) is 13.0 Å². The van der Waals surface area contributed by atoms with E-state index in [-0.39, 0.29) is 36.0 Å². The molecule has 0 aliphatic heterocycles. The molecule has 0 heterocycles. The van der Waals surface area contributed by atoms with E-state index in [1.54, 1.807) is 6.92 Å². The predicted molar refractivity (Wildman–Crippen MR) is 107 cm³/mol. The summed E-state index contributed by atoms with van der Waals surface area (Å²) in [7, 11) is -4.46. The van der Waals surface area contributed by atoms with Crippen molar-refractivity contribution in [2.24, 2.45) is 0 Å². The Morgan fingerprint density at radius 1 is 0.852 bits per heavy atom. The van der Waals surface area contributed by atoms with Gasteiger partial charge in [-0.1, -0.05) is 65.4 Å². The van der Waals surface area contributed by atoms with E-state index in [1.165, 1.54) is 49.7 Å². The van der Waals surface area contributed by atoms with Gasteiger partial charge in [0.1, 0.15) is 15.9 Å². The first kappa shape index (κ1) is 26.9. The Labute approximate surface area is 188 Å². The molecule has 0 fully saturated rings. The Balaban J connectivity index is 0.00000676. The van der Waals surface area contributed by atoms with Crippen LogP contribution >= 0.6 is 0 Å². The van der Waals surface area contributed by atoms with Crippen molar-refractivity contribution in [3.8, 4) is 5.75 Å². The van der Waals surface area contributed by atoms with Gasteiger partial charge >= 0.3 is 29.6 Å². The Morgan fingerprint density at radius 2 is 1.33 bits per heavy atom. The molecule has 4 nitrogen and oxygen atoms in total. The molecule has 0 bridgehead atoms. The third-order valence-electron chi connectivity index (χ3n) is 4.59. The summed E-state index contributed by atoms with van der Waals surface area (Å²) in [6, 6.07) is 6.00. The Kier molecular flexibility index (Phi) is 14.8. The molecule has 1 aromatic carbocycles. The van der Waals surface area contributed by atoms with Crippen LogP contribution in [0.15, 0.2) is 18.2 Å². The number of rotatable bonds is 14. The van der Waals surface area contributed by atoms with Crippen LogP contribution in [0.25, 0.3) is 0 Å². The summed E-state index contributed by atoms with van der Waals surface area (Å²) in [5, 5.41) is 0. The fourth-order valence-electron chi connectivity index (χ4n) is 3.10. The molecule has 150 valence electrons. The average molecular weight is 407 g/mol. The Bertz CT molecular complexity index is 586. The van der Waals surface area contributed by atoms with Crippen LogP contribution in [-0.4, -0.2) is 18.4 Å². The van der Waals surface area contributed by atoms with Crippen molar-refractivity contribution >= 4 is 10.1 Å². The first-order valence-electron chi connectivity index (χ1n) is 10.1. The molecule has 1 rings (SSSR count). The van der Waals surface area contributed by atoms with Gasteiger partial charge < -0.3 is 9.29 Å². The van der Waals surface area contributed by atoms with E-state index in [0.717, 1.165) is 25.7 Å². The maximum atomic E-state index is 11.3. The summed E-state index contributed by atoms with van der Waals surface area (Å²) < 4.78 is 39.6. The van der Waals surface area contributed by atoms with Crippen LogP contribution in [0, 0.1) is 0 Å². The smallest absolute Gasteiger partial charge is 0.745 e. The number of unbranched alkanes of at least 4 members (excludes halogenated alkanes) is 6. The quantitative estimate of drug-likeness (QED) is 0.271. The number of benzene rings is 1. The second kappa shape index (κ2) is 14.9. The molecule has 0 spiro atoms. The zero-order valence-electron chi connectivity index (χ0n) is 17.6. The predicted octanol–water partition coefficient (Wildman–Crippen LogP) is 2.60. The standard InChI is InChI=1S/C21H36O4S.Na/c1-4-7-9-11-13-18-15-19(14-12-10-8-5-2)17-20(16-18)25-21(6-3)26(22,23)24;/h15-17,21H,4-14H2,1-3H3,(H,22,23,24);/q;+1/p-1. The van der Waals surface area contributed by atoms with E-state index in [2.05, 4.69) is 19.9 Å². The summed E-state index contributed by atoms with van der Waals surface area (Å²) in [4.78, 5) is 0. The number of aryl methyl sites for hydroxylation is 2. The fraction of sp³-hybridized carbons (Fsp3) is 0.714. The van der Waals surface area contributed by atoms with Crippen molar-refractivity contribution in [3.63, 3.8) is 0 Å². The Morgan fingerprint density at radius 3 is 1.70 bits per heavy atom. The minimum atomic E-state index is -4.46. The Hall–Kier alpha value is -0.0700. The van der Waals surface area contributed by atoms with Gasteiger partial charge in [0.2, 0.25) is 0 Å². The van der Waals surface area contributed by atoms with Crippen molar-refractivity contribution in [1.82, 2.24) is 0 Å². The normalized spacial score (nSPS) is 12.4. The van der Waals surface area contributed by atoms with Gasteiger partial charge in [0, 0.05) is 0 Å². The summed E-state index contributed by atoms with van der Waals surface area (Å²) >= 11 is 0. The van der Waals surface area contributed by atoms with Crippen molar-refractivity contribution in [2.75, 3.05) is 0 Å². The summed E-state index contributed by atoms with van der Waals surface area (Å²) in [6.07, 6.45) is 11.5. The minimum absolute atomic E-state index is 0. The van der Waals surface area contributed by atoms with Crippen molar-refractivity contribution < 1.29 is 47.3 Å². The van der Waals surface area contributed by atoms with Crippen molar-refractivity contribution in [3.05, 3.63) is 29.3 Å². The minimum Gasteiger partial charge on any atom is -0.745 e. The van der Waals surface area contributed by atoms with Crippen LogP contribution in [0.2, 0.25) is 0 Å². The van der Waals surface area contributed by atoms with Gasteiger partial charge in [-0.2, -0.15) is 0 Å². The van der Waals surface area contributed by atoms with Gasteiger partial charge in [0.15, 0.2) is 5.44 Å². The molecule has 0 aliphatic rings. The zero-order valence-corrected chi connectivity index (χ0v) is 20.4. The van der Waals surface area contributed by atoms with Crippen LogP contribution in [0.4, 0.5) is 0 Å². The summed E-state index contributed by atoms with van der Waals surface area (Å²) in [5.74, 6) is 0.509. The van der Waals surface area contributed by atoms with Crippen LogP contribution < -0.4 is 34.3 Å². The maximum absolute atomic E-state index is 11.3. The molecule has 0 N–H and O–H groups in total. The van der Waals surface area contributed by atoms with Gasteiger partial charge in [-0.05, 0) is 55.4 Å².